The summed E-state index contributed by atoms with van der Waals surface area (Å²) >= 11 is 0. The van der Waals surface area contributed by atoms with Crippen LogP contribution in [0.15, 0.2) is 30.3 Å². The predicted molar refractivity (Wildman–Crippen MR) is 127 cm³/mol. The molecule has 5 N–H and O–H groups in total. The molecule has 37 heavy (non-hydrogen) atoms. The Morgan fingerprint density at radius 2 is 1.54 bits per heavy atom. The van der Waals surface area contributed by atoms with Crippen molar-refractivity contribution >= 4 is 35.6 Å². The van der Waals surface area contributed by atoms with Crippen LogP contribution in [0, 0.1) is 5.92 Å². The number of ketones is 1. The second kappa shape index (κ2) is 15.9. The molecule has 204 valence electrons. The van der Waals surface area contributed by atoms with Crippen LogP contribution in [0.4, 0.5) is 9.18 Å². The number of benzene rings is 1. The van der Waals surface area contributed by atoms with E-state index in [9.17, 15) is 33.2 Å². The molecule has 0 saturated carbocycles. The molecule has 0 unspecified atom stereocenters. The van der Waals surface area contributed by atoms with Crippen molar-refractivity contribution in [1.29, 1.82) is 0 Å². The zero-order chi connectivity index (χ0) is 28.0. The van der Waals surface area contributed by atoms with Crippen molar-refractivity contribution in [3.05, 3.63) is 35.9 Å². The Morgan fingerprint density at radius 1 is 0.919 bits per heavy atom. The predicted octanol–water partition coefficient (Wildman–Crippen LogP) is 1.18. The molecular weight excluding hydrogens is 493 g/mol. The summed E-state index contributed by atoms with van der Waals surface area (Å²) in [4.78, 5) is 71.9. The van der Waals surface area contributed by atoms with Crippen molar-refractivity contribution in [3.63, 3.8) is 0 Å². The number of carboxylic acid groups (broad SMARTS) is 2. The van der Waals surface area contributed by atoms with Gasteiger partial charge in [-0.25, -0.2) is 9.18 Å². The Morgan fingerprint density at radius 3 is 2.08 bits per heavy atom. The minimum atomic E-state index is -1.71. The molecule has 0 spiro atoms. The lowest BCUT2D eigenvalue weighted by atomic mass is 9.97. The topological polar surface area (TPSA) is 188 Å². The van der Waals surface area contributed by atoms with E-state index in [0.29, 0.717) is 12.0 Å². The van der Waals surface area contributed by atoms with Gasteiger partial charge in [0.05, 0.1) is 6.42 Å². The first-order chi connectivity index (χ1) is 17.5. The van der Waals surface area contributed by atoms with Gasteiger partial charge < -0.3 is 30.9 Å². The van der Waals surface area contributed by atoms with Gasteiger partial charge in [0, 0.05) is 6.42 Å². The molecule has 0 aromatic heterocycles. The number of hydrogen-bond donors (Lipinski definition) is 5. The fourth-order valence-corrected chi connectivity index (χ4v) is 3.18. The molecule has 0 fully saturated rings. The van der Waals surface area contributed by atoms with Crippen LogP contribution in [0.5, 0.6) is 0 Å². The molecule has 0 aliphatic heterocycles. The van der Waals surface area contributed by atoms with Gasteiger partial charge >= 0.3 is 18.0 Å². The lowest BCUT2D eigenvalue weighted by Crippen LogP contribution is -2.57. The molecule has 0 aliphatic rings. The van der Waals surface area contributed by atoms with E-state index in [4.69, 9.17) is 14.9 Å². The number of amides is 3. The van der Waals surface area contributed by atoms with Gasteiger partial charge in [-0.15, -0.1) is 0 Å². The van der Waals surface area contributed by atoms with Gasteiger partial charge in [-0.05, 0) is 17.9 Å². The maximum Gasteiger partial charge on any atom is 0.408 e. The third-order valence-corrected chi connectivity index (χ3v) is 5.48. The molecule has 1 aromatic rings. The molecule has 0 radical (unpaired) electrons. The van der Waals surface area contributed by atoms with Gasteiger partial charge in [-0.3, -0.25) is 24.0 Å². The van der Waals surface area contributed by atoms with Gasteiger partial charge in [0.2, 0.25) is 11.8 Å². The largest absolute Gasteiger partial charge is 0.481 e. The van der Waals surface area contributed by atoms with E-state index in [2.05, 4.69) is 16.0 Å². The van der Waals surface area contributed by atoms with Crippen LogP contribution >= 0.6 is 0 Å². The standard InChI is InChI=1S/C24H32FN3O9/c1-3-14(2)21(28-24(36)37-13-15-7-5-4-6-8-15)23(35)26-16(9-10-19(30)31)22(34)27-17(11-20(32)33)18(29)12-25/h4-8,14,16-17,21H,3,9-13H2,1-2H3,(H,26,35)(H,27,34)(H,28,36)(H,30,31)(H,32,33)/t14-,16-,17-,21-/m0/s1. The molecule has 13 heteroatoms. The number of hydrogen-bond acceptors (Lipinski definition) is 7. The summed E-state index contributed by atoms with van der Waals surface area (Å²) in [5, 5.41) is 24.8. The minimum Gasteiger partial charge on any atom is -0.481 e. The molecular formula is C24H32FN3O9. The summed E-state index contributed by atoms with van der Waals surface area (Å²) < 4.78 is 18.0. The second-order valence-electron chi connectivity index (χ2n) is 8.32. The number of rotatable bonds is 16. The molecule has 3 amide bonds. The van der Waals surface area contributed by atoms with E-state index in [1.54, 1.807) is 44.2 Å². The van der Waals surface area contributed by atoms with Crippen molar-refractivity contribution in [2.24, 2.45) is 5.92 Å². The Kier molecular flexibility index (Phi) is 13.3. The minimum absolute atomic E-state index is 0.0568. The van der Waals surface area contributed by atoms with Crippen molar-refractivity contribution in [3.8, 4) is 0 Å². The zero-order valence-corrected chi connectivity index (χ0v) is 20.6. The zero-order valence-electron chi connectivity index (χ0n) is 20.6. The highest BCUT2D eigenvalue weighted by atomic mass is 19.1. The number of alkyl halides is 1. The maximum absolute atomic E-state index is 13.0. The average Bonchev–Trinajstić information content (AvgIpc) is 2.86. The van der Waals surface area contributed by atoms with E-state index >= 15 is 0 Å². The number of carboxylic acids is 2. The molecule has 0 aliphatic carbocycles. The maximum atomic E-state index is 13.0. The molecule has 1 aromatic carbocycles. The number of ether oxygens (including phenoxy) is 1. The molecule has 0 heterocycles. The Labute approximate surface area is 212 Å². The van der Waals surface area contributed by atoms with E-state index in [-0.39, 0.29) is 6.61 Å². The SMILES string of the molecule is CC[C@H](C)[C@H](NC(=O)OCc1ccccc1)C(=O)N[C@@H](CCC(=O)O)C(=O)N[C@@H](CC(=O)O)C(=O)CF. The van der Waals surface area contributed by atoms with Crippen LogP contribution in [0.1, 0.15) is 45.1 Å². The summed E-state index contributed by atoms with van der Waals surface area (Å²) in [6.07, 6.45) is -2.33. The fraction of sp³-hybridized carbons (Fsp3) is 0.500. The quantitative estimate of drug-likeness (QED) is 0.211. The number of carbonyl (C=O) groups excluding carboxylic acids is 4. The second-order valence-corrected chi connectivity index (χ2v) is 8.32. The highest BCUT2D eigenvalue weighted by Crippen LogP contribution is 2.11. The Bertz CT molecular complexity index is 958. The van der Waals surface area contributed by atoms with E-state index in [1.165, 1.54) is 0 Å². The van der Waals surface area contributed by atoms with Crippen molar-refractivity contribution in [1.82, 2.24) is 16.0 Å². The van der Waals surface area contributed by atoms with Gasteiger partial charge in [0.25, 0.3) is 0 Å². The van der Waals surface area contributed by atoms with Crippen LogP contribution < -0.4 is 16.0 Å². The molecule has 0 bridgehead atoms. The molecule has 0 saturated heterocycles. The first kappa shape index (κ1) is 31.0. The Hall–Kier alpha value is -4.03. The third kappa shape index (κ3) is 11.5. The Balaban J connectivity index is 2.98. The summed E-state index contributed by atoms with van der Waals surface area (Å²) in [7, 11) is 0. The van der Waals surface area contributed by atoms with Crippen molar-refractivity contribution in [2.75, 3.05) is 6.67 Å². The number of Topliss-reactive ketones (excluding diaryl/α,β-unsaturated/α-hetero) is 1. The number of alkyl carbamates (subject to hydrolysis) is 1. The lowest BCUT2D eigenvalue weighted by molar-refractivity contribution is -0.141. The normalized spacial score (nSPS) is 13.8. The van der Waals surface area contributed by atoms with Crippen LogP contribution in [-0.4, -0.2) is 70.6 Å². The third-order valence-electron chi connectivity index (χ3n) is 5.48. The summed E-state index contributed by atoms with van der Waals surface area (Å²) in [6.45, 7) is 1.83. The molecule has 1 rings (SSSR count). The smallest absolute Gasteiger partial charge is 0.408 e. The molecule has 12 nitrogen and oxygen atoms in total. The van der Waals surface area contributed by atoms with Gasteiger partial charge in [-0.1, -0.05) is 50.6 Å². The average molecular weight is 526 g/mol. The van der Waals surface area contributed by atoms with Crippen LogP contribution in [0.25, 0.3) is 0 Å². The summed E-state index contributed by atoms with van der Waals surface area (Å²) in [6, 6.07) is 4.40. The van der Waals surface area contributed by atoms with Gasteiger partial charge in [-0.2, -0.15) is 0 Å². The van der Waals surface area contributed by atoms with Crippen LogP contribution in [-0.2, 0) is 35.3 Å². The monoisotopic (exact) mass is 525 g/mol. The van der Waals surface area contributed by atoms with E-state index in [1.807, 2.05) is 0 Å². The summed E-state index contributed by atoms with van der Waals surface area (Å²) in [5.74, 6) is -6.29. The van der Waals surface area contributed by atoms with Crippen LogP contribution in [0.3, 0.4) is 0 Å². The van der Waals surface area contributed by atoms with Crippen molar-refractivity contribution in [2.45, 2.75) is 64.3 Å². The first-order valence-corrected chi connectivity index (χ1v) is 11.6. The van der Waals surface area contributed by atoms with Gasteiger partial charge in [0.15, 0.2) is 5.78 Å². The lowest BCUT2D eigenvalue weighted by Gasteiger charge is -2.27. The van der Waals surface area contributed by atoms with E-state index < -0.39 is 85.6 Å². The highest BCUT2D eigenvalue weighted by Gasteiger charge is 2.32. The summed E-state index contributed by atoms with van der Waals surface area (Å²) in [5.41, 5.74) is 0.714. The number of nitrogens with one attached hydrogen (secondary N) is 3. The fourth-order valence-electron chi connectivity index (χ4n) is 3.18. The number of carbonyl (C=O) groups is 6. The number of aliphatic carboxylic acids is 2. The van der Waals surface area contributed by atoms with Crippen molar-refractivity contribution < 1.29 is 48.1 Å². The van der Waals surface area contributed by atoms with Gasteiger partial charge in [0.1, 0.15) is 31.4 Å². The number of halogens is 1. The van der Waals surface area contributed by atoms with Crippen LogP contribution in [0.2, 0.25) is 0 Å². The first-order valence-electron chi connectivity index (χ1n) is 11.6. The van der Waals surface area contributed by atoms with E-state index in [0.717, 1.165) is 0 Å². The highest BCUT2D eigenvalue weighted by molar-refractivity contribution is 5.96. The molecule has 4 atom stereocenters.